The van der Waals surface area contributed by atoms with E-state index in [-0.39, 0.29) is 28.7 Å². The molecule has 0 bridgehead atoms. The maximum absolute atomic E-state index is 12.0. The van der Waals surface area contributed by atoms with Gasteiger partial charge in [0.25, 0.3) is 0 Å². The highest BCUT2D eigenvalue weighted by Gasteiger charge is 2.29. The van der Waals surface area contributed by atoms with E-state index < -0.39 is 9.84 Å². The molecule has 1 heterocycles. The number of thioether (sulfide) groups is 1. The lowest BCUT2D eigenvalue weighted by molar-refractivity contribution is -0.120. The smallest absolute Gasteiger partial charge is 0.233 e. The van der Waals surface area contributed by atoms with Crippen molar-refractivity contribution in [3.8, 4) is 0 Å². The van der Waals surface area contributed by atoms with Crippen molar-refractivity contribution in [1.29, 1.82) is 0 Å². The standard InChI is InChI=1S/C16H21NO3S2/c1-13(16(18)17-15-9-11-22(19,20)12-15)21-10-5-8-14-6-3-2-4-7-14/h2-8,13,15H,9-12H2,1H3,(H,17,18)/b8-5-/t13-,15+/m0/s1. The summed E-state index contributed by atoms with van der Waals surface area (Å²) >= 11 is 1.54. The molecule has 0 aliphatic carbocycles. The minimum absolute atomic E-state index is 0.0734. The fraction of sp³-hybridized carbons (Fsp3) is 0.438. The zero-order chi connectivity index (χ0) is 16.0. The van der Waals surface area contributed by atoms with E-state index in [2.05, 4.69) is 5.32 Å². The average Bonchev–Trinajstić information content (AvgIpc) is 2.83. The monoisotopic (exact) mass is 339 g/mol. The molecule has 1 aromatic carbocycles. The normalized spacial score (nSPS) is 21.8. The molecule has 1 aromatic rings. The van der Waals surface area contributed by atoms with Crippen molar-refractivity contribution in [1.82, 2.24) is 5.32 Å². The maximum atomic E-state index is 12.0. The molecule has 0 spiro atoms. The summed E-state index contributed by atoms with van der Waals surface area (Å²) in [5.74, 6) is 0.913. The second-order valence-electron chi connectivity index (χ2n) is 5.40. The van der Waals surface area contributed by atoms with Gasteiger partial charge in [-0.2, -0.15) is 0 Å². The summed E-state index contributed by atoms with van der Waals surface area (Å²) in [6, 6.07) is 9.77. The Morgan fingerprint density at radius 1 is 1.41 bits per heavy atom. The topological polar surface area (TPSA) is 63.2 Å². The van der Waals surface area contributed by atoms with Crippen molar-refractivity contribution in [2.75, 3.05) is 17.3 Å². The number of nitrogens with one attached hydrogen (secondary N) is 1. The predicted octanol–water partition coefficient (Wildman–Crippen LogP) is 2.12. The summed E-state index contributed by atoms with van der Waals surface area (Å²) < 4.78 is 22.7. The molecule has 1 saturated heterocycles. The van der Waals surface area contributed by atoms with E-state index in [1.807, 2.05) is 49.4 Å². The van der Waals surface area contributed by atoms with Crippen molar-refractivity contribution >= 4 is 33.6 Å². The lowest BCUT2D eigenvalue weighted by Crippen LogP contribution is -2.40. The maximum Gasteiger partial charge on any atom is 0.233 e. The molecule has 1 amide bonds. The molecule has 22 heavy (non-hydrogen) atoms. The fourth-order valence-corrected chi connectivity index (χ4v) is 4.64. The molecule has 0 saturated carbocycles. The van der Waals surface area contributed by atoms with Crippen LogP contribution in [0.4, 0.5) is 0 Å². The largest absolute Gasteiger partial charge is 0.351 e. The van der Waals surface area contributed by atoms with E-state index in [0.717, 1.165) is 11.3 Å². The Morgan fingerprint density at radius 3 is 2.77 bits per heavy atom. The molecular formula is C16H21NO3S2. The van der Waals surface area contributed by atoms with Crippen LogP contribution in [0.1, 0.15) is 18.9 Å². The van der Waals surface area contributed by atoms with Crippen LogP contribution in [0.5, 0.6) is 0 Å². The van der Waals surface area contributed by atoms with E-state index in [1.165, 1.54) is 11.8 Å². The first-order valence-corrected chi connectivity index (χ1v) is 10.2. The van der Waals surface area contributed by atoms with E-state index in [4.69, 9.17) is 0 Å². The third kappa shape index (κ3) is 5.50. The van der Waals surface area contributed by atoms with Crippen molar-refractivity contribution < 1.29 is 13.2 Å². The zero-order valence-electron chi connectivity index (χ0n) is 12.6. The van der Waals surface area contributed by atoms with Crippen LogP contribution in [-0.2, 0) is 14.6 Å². The molecule has 0 aromatic heterocycles. The lowest BCUT2D eigenvalue weighted by Gasteiger charge is -2.15. The van der Waals surface area contributed by atoms with Gasteiger partial charge in [0.1, 0.15) is 0 Å². The van der Waals surface area contributed by atoms with Crippen LogP contribution in [-0.4, -0.2) is 42.9 Å². The second-order valence-corrected chi connectivity index (χ2v) is 9.00. The van der Waals surface area contributed by atoms with Gasteiger partial charge in [0, 0.05) is 11.8 Å². The molecule has 0 radical (unpaired) electrons. The highest BCUT2D eigenvalue weighted by molar-refractivity contribution is 8.00. The van der Waals surface area contributed by atoms with Crippen molar-refractivity contribution in [3.63, 3.8) is 0 Å². The third-order valence-electron chi connectivity index (χ3n) is 3.50. The van der Waals surface area contributed by atoms with Crippen LogP contribution in [0.25, 0.3) is 6.08 Å². The zero-order valence-corrected chi connectivity index (χ0v) is 14.2. The van der Waals surface area contributed by atoms with Crippen LogP contribution in [0.3, 0.4) is 0 Å². The van der Waals surface area contributed by atoms with Gasteiger partial charge < -0.3 is 5.32 Å². The van der Waals surface area contributed by atoms with Gasteiger partial charge in [-0.3, -0.25) is 4.79 Å². The SMILES string of the molecule is C[C@H](SC/C=C\c1ccccc1)C(=O)N[C@@H]1CCS(=O)(=O)C1. The van der Waals surface area contributed by atoms with Gasteiger partial charge in [-0.05, 0) is 18.9 Å². The number of sulfone groups is 1. The van der Waals surface area contributed by atoms with E-state index in [9.17, 15) is 13.2 Å². The predicted molar refractivity (Wildman–Crippen MR) is 92.6 cm³/mol. The Labute approximate surface area is 136 Å². The molecule has 2 atom stereocenters. The molecule has 1 fully saturated rings. The summed E-state index contributed by atoms with van der Waals surface area (Å²) in [4.78, 5) is 12.0. The Balaban J connectivity index is 1.72. The molecule has 2 rings (SSSR count). The summed E-state index contributed by atoms with van der Waals surface area (Å²) in [7, 11) is -2.95. The number of amides is 1. The number of rotatable bonds is 6. The second kappa shape index (κ2) is 7.83. The van der Waals surface area contributed by atoms with Gasteiger partial charge >= 0.3 is 0 Å². The van der Waals surface area contributed by atoms with Crippen molar-refractivity contribution in [3.05, 3.63) is 42.0 Å². The molecule has 120 valence electrons. The number of benzene rings is 1. The van der Waals surface area contributed by atoms with Gasteiger partial charge in [-0.15, -0.1) is 11.8 Å². The molecule has 0 unspecified atom stereocenters. The Kier molecular flexibility index (Phi) is 6.08. The van der Waals surface area contributed by atoms with Crippen LogP contribution < -0.4 is 5.32 Å². The van der Waals surface area contributed by atoms with Crippen LogP contribution in [0.15, 0.2) is 36.4 Å². The average molecular weight is 339 g/mol. The van der Waals surface area contributed by atoms with Crippen LogP contribution in [0.2, 0.25) is 0 Å². The minimum Gasteiger partial charge on any atom is -0.351 e. The Bertz CT molecular complexity index is 626. The molecule has 1 aliphatic rings. The van der Waals surface area contributed by atoms with Crippen molar-refractivity contribution in [2.45, 2.75) is 24.6 Å². The highest BCUT2D eigenvalue weighted by Crippen LogP contribution is 2.15. The molecular weight excluding hydrogens is 318 g/mol. The van der Waals surface area contributed by atoms with Gasteiger partial charge in [-0.25, -0.2) is 8.42 Å². The number of hydrogen-bond donors (Lipinski definition) is 1. The summed E-state index contributed by atoms with van der Waals surface area (Å²) in [6.07, 6.45) is 4.59. The summed E-state index contributed by atoms with van der Waals surface area (Å²) in [5.41, 5.74) is 1.14. The Hall–Kier alpha value is -1.27. The number of carbonyl (C=O) groups is 1. The Morgan fingerprint density at radius 2 is 2.14 bits per heavy atom. The molecule has 1 N–H and O–H groups in total. The first-order chi connectivity index (χ1) is 10.5. The number of hydrogen-bond acceptors (Lipinski definition) is 4. The molecule has 1 aliphatic heterocycles. The summed E-state index contributed by atoms with van der Waals surface area (Å²) in [5, 5.41) is 2.64. The third-order valence-corrected chi connectivity index (χ3v) is 6.37. The van der Waals surface area contributed by atoms with Crippen LogP contribution >= 0.6 is 11.8 Å². The molecule has 4 nitrogen and oxygen atoms in total. The van der Waals surface area contributed by atoms with Gasteiger partial charge in [0.15, 0.2) is 9.84 Å². The van der Waals surface area contributed by atoms with Crippen molar-refractivity contribution in [2.24, 2.45) is 0 Å². The minimum atomic E-state index is -2.95. The van der Waals surface area contributed by atoms with Gasteiger partial charge in [0.05, 0.1) is 16.8 Å². The van der Waals surface area contributed by atoms with Gasteiger partial charge in [-0.1, -0.05) is 42.5 Å². The molecule has 6 heteroatoms. The van der Waals surface area contributed by atoms with E-state index in [0.29, 0.717) is 6.42 Å². The fourth-order valence-electron chi connectivity index (χ4n) is 2.25. The lowest BCUT2D eigenvalue weighted by atomic mass is 10.2. The van der Waals surface area contributed by atoms with Gasteiger partial charge in [0.2, 0.25) is 5.91 Å². The summed E-state index contributed by atoms with van der Waals surface area (Å²) in [6.45, 7) is 1.85. The first-order valence-electron chi connectivity index (χ1n) is 7.30. The first kappa shape index (κ1) is 17.1. The van der Waals surface area contributed by atoms with E-state index in [1.54, 1.807) is 0 Å². The quantitative estimate of drug-likeness (QED) is 0.862. The highest BCUT2D eigenvalue weighted by atomic mass is 32.2. The number of carbonyl (C=O) groups excluding carboxylic acids is 1. The van der Waals surface area contributed by atoms with Crippen LogP contribution in [0, 0.1) is 0 Å². The van der Waals surface area contributed by atoms with E-state index >= 15 is 0 Å².